The molecule has 192 valence electrons. The zero-order valence-electron chi connectivity index (χ0n) is 21.4. The van der Waals surface area contributed by atoms with E-state index < -0.39 is 0 Å². The molecule has 0 aliphatic rings. The summed E-state index contributed by atoms with van der Waals surface area (Å²) in [5, 5.41) is 6.04. The second-order valence-electron chi connectivity index (χ2n) is 8.69. The fourth-order valence-electron chi connectivity index (χ4n) is 3.63. The molecule has 0 aliphatic carbocycles. The highest BCUT2D eigenvalue weighted by Gasteiger charge is 2.23. The molecule has 4 N–H and O–H groups in total. The molecule has 3 rings (SSSR count). The summed E-state index contributed by atoms with van der Waals surface area (Å²) in [7, 11) is 3.94. The van der Waals surface area contributed by atoms with Crippen LogP contribution < -0.4 is 21.3 Å². The lowest BCUT2D eigenvalue weighted by molar-refractivity contribution is -0.118. The van der Waals surface area contributed by atoms with Gasteiger partial charge in [-0.15, -0.1) is 0 Å². The summed E-state index contributed by atoms with van der Waals surface area (Å²) in [4.78, 5) is 26.9. The van der Waals surface area contributed by atoms with Crippen LogP contribution in [0.25, 0.3) is 16.9 Å². The molecule has 0 spiro atoms. The maximum Gasteiger partial charge on any atom is 0.255 e. The van der Waals surface area contributed by atoms with Gasteiger partial charge in [0.05, 0.1) is 10.6 Å². The molecular weight excluding hydrogens is 488 g/mol. The number of nitrogens with zero attached hydrogens (tertiary/aromatic N) is 1. The average Bonchev–Trinajstić information content (AvgIpc) is 3.30. The Kier molecular flexibility index (Phi) is 8.98. The molecular formula is C29H31ClN4O3. The number of hydrogen-bond donors (Lipinski definition) is 3. The molecule has 2 aromatic carbocycles. The lowest BCUT2D eigenvalue weighted by Crippen LogP contribution is -2.23. The minimum atomic E-state index is -0.323. The molecule has 0 atom stereocenters. The minimum absolute atomic E-state index is 0.259. The summed E-state index contributed by atoms with van der Waals surface area (Å²) in [6, 6.07) is 16.7. The normalized spacial score (nSPS) is 11.7. The van der Waals surface area contributed by atoms with Crippen molar-refractivity contribution in [3.8, 4) is 11.3 Å². The van der Waals surface area contributed by atoms with Crippen LogP contribution in [0.5, 0.6) is 0 Å². The summed E-state index contributed by atoms with van der Waals surface area (Å²) >= 11 is 6.47. The molecule has 1 aromatic heterocycles. The fourth-order valence-corrected chi connectivity index (χ4v) is 3.85. The zero-order valence-corrected chi connectivity index (χ0v) is 22.1. The van der Waals surface area contributed by atoms with Crippen molar-refractivity contribution in [3.05, 3.63) is 107 Å². The Bertz CT molecular complexity index is 1370. The molecule has 0 bridgehead atoms. The predicted molar refractivity (Wildman–Crippen MR) is 150 cm³/mol. The first-order chi connectivity index (χ1) is 17.6. The van der Waals surface area contributed by atoms with Crippen LogP contribution in [0, 0.1) is 0 Å². The van der Waals surface area contributed by atoms with Crippen LogP contribution in [0.4, 0.5) is 5.69 Å². The molecule has 0 aliphatic heterocycles. The third kappa shape index (κ3) is 6.92. The smallest absolute Gasteiger partial charge is 0.255 e. The van der Waals surface area contributed by atoms with Crippen LogP contribution in [0.15, 0.2) is 89.1 Å². The van der Waals surface area contributed by atoms with Gasteiger partial charge in [-0.1, -0.05) is 42.4 Å². The SMILES string of the molecule is C=C(/C=C(\C(C)=C/N)c1cc(C(=O)NCc2ccc(N(C)C)cc2)c(-c2ccccc2Cl)o1)NC(C)=O. The maximum atomic E-state index is 13.4. The number of carbonyl (C=O) groups excluding carboxylic acids is 2. The number of furan rings is 1. The van der Waals surface area contributed by atoms with E-state index in [9.17, 15) is 9.59 Å². The van der Waals surface area contributed by atoms with Crippen molar-refractivity contribution in [2.75, 3.05) is 19.0 Å². The van der Waals surface area contributed by atoms with E-state index in [-0.39, 0.29) is 11.8 Å². The van der Waals surface area contributed by atoms with Gasteiger partial charge in [0.2, 0.25) is 5.91 Å². The molecule has 2 amide bonds. The molecule has 0 saturated carbocycles. The Balaban J connectivity index is 2.01. The summed E-state index contributed by atoms with van der Waals surface area (Å²) in [6.07, 6.45) is 3.06. The van der Waals surface area contributed by atoms with Crippen molar-refractivity contribution in [2.24, 2.45) is 5.73 Å². The monoisotopic (exact) mass is 518 g/mol. The number of anilines is 1. The highest BCUT2D eigenvalue weighted by Crippen LogP contribution is 2.36. The predicted octanol–water partition coefficient (Wildman–Crippen LogP) is 5.49. The van der Waals surface area contributed by atoms with Crippen LogP contribution in [0.2, 0.25) is 5.02 Å². The van der Waals surface area contributed by atoms with Gasteiger partial charge in [-0.2, -0.15) is 0 Å². The quantitative estimate of drug-likeness (QED) is 0.325. The maximum absolute atomic E-state index is 13.4. The summed E-state index contributed by atoms with van der Waals surface area (Å²) in [5.74, 6) is 0.115. The zero-order chi connectivity index (χ0) is 27.1. The highest BCUT2D eigenvalue weighted by atomic mass is 35.5. The van der Waals surface area contributed by atoms with Gasteiger partial charge >= 0.3 is 0 Å². The largest absolute Gasteiger partial charge is 0.455 e. The second-order valence-corrected chi connectivity index (χ2v) is 9.10. The molecule has 1 heterocycles. The van der Waals surface area contributed by atoms with Gasteiger partial charge in [-0.3, -0.25) is 9.59 Å². The summed E-state index contributed by atoms with van der Waals surface area (Å²) < 4.78 is 6.22. The second kappa shape index (κ2) is 12.1. The van der Waals surface area contributed by atoms with Gasteiger partial charge in [-0.05, 0) is 60.7 Å². The third-order valence-electron chi connectivity index (χ3n) is 5.60. The summed E-state index contributed by atoms with van der Waals surface area (Å²) in [6.45, 7) is 7.39. The first-order valence-electron chi connectivity index (χ1n) is 11.6. The molecule has 7 nitrogen and oxygen atoms in total. The highest BCUT2D eigenvalue weighted by molar-refractivity contribution is 6.33. The summed E-state index contributed by atoms with van der Waals surface area (Å²) in [5.41, 5.74) is 10.3. The van der Waals surface area contributed by atoms with Gasteiger partial charge in [0.25, 0.3) is 5.91 Å². The standard InChI is InChI=1S/C29H31ClN4O3/c1-18(16-31)24(14-19(2)33-20(3)35)27-15-25(28(37-27)23-8-6-7-9-26(23)30)29(36)32-17-21-10-12-22(13-11-21)34(4)5/h6-16H,2,17,31H2,1,3-5H3,(H,32,36)(H,33,35)/b18-16-,24-14+. The number of benzene rings is 2. The van der Waals surface area contributed by atoms with E-state index in [1.807, 2.05) is 49.3 Å². The lowest BCUT2D eigenvalue weighted by Gasteiger charge is -2.13. The number of rotatable bonds is 9. The van der Waals surface area contributed by atoms with E-state index in [2.05, 4.69) is 17.2 Å². The van der Waals surface area contributed by atoms with Gasteiger partial charge < -0.3 is 25.7 Å². The first kappa shape index (κ1) is 27.4. The van der Waals surface area contributed by atoms with Crippen LogP contribution in [0.1, 0.15) is 35.5 Å². The minimum Gasteiger partial charge on any atom is -0.455 e. The van der Waals surface area contributed by atoms with E-state index in [4.69, 9.17) is 21.8 Å². The molecule has 0 saturated heterocycles. The molecule has 0 unspecified atom stereocenters. The molecule has 0 radical (unpaired) electrons. The van der Waals surface area contributed by atoms with E-state index in [0.29, 0.717) is 51.1 Å². The van der Waals surface area contributed by atoms with E-state index in [1.54, 1.807) is 37.3 Å². The average molecular weight is 519 g/mol. The van der Waals surface area contributed by atoms with Gasteiger partial charge in [0.15, 0.2) is 0 Å². The number of halogens is 1. The number of nitrogens with one attached hydrogen (secondary N) is 2. The van der Waals surface area contributed by atoms with E-state index in [1.165, 1.54) is 13.1 Å². The molecule has 37 heavy (non-hydrogen) atoms. The fraction of sp³-hybridized carbons (Fsp3) is 0.172. The van der Waals surface area contributed by atoms with Crippen molar-refractivity contribution >= 4 is 34.7 Å². The van der Waals surface area contributed by atoms with Crippen molar-refractivity contribution in [1.29, 1.82) is 0 Å². The van der Waals surface area contributed by atoms with Crippen molar-refractivity contribution in [2.45, 2.75) is 20.4 Å². The van der Waals surface area contributed by atoms with Crippen LogP contribution >= 0.6 is 11.6 Å². The van der Waals surface area contributed by atoms with Crippen LogP contribution in [0.3, 0.4) is 0 Å². The van der Waals surface area contributed by atoms with Gasteiger partial charge in [0.1, 0.15) is 11.5 Å². The number of nitrogens with two attached hydrogens (primary N) is 1. The Labute approximate surface area is 222 Å². The van der Waals surface area contributed by atoms with Gasteiger partial charge in [0, 0.05) is 50.1 Å². The molecule has 3 aromatic rings. The van der Waals surface area contributed by atoms with E-state index >= 15 is 0 Å². The number of allylic oxidation sites excluding steroid dienone is 3. The number of carbonyl (C=O) groups is 2. The topological polar surface area (TPSA) is 101 Å². The molecule has 0 fully saturated rings. The lowest BCUT2D eigenvalue weighted by atomic mass is 10.0. The van der Waals surface area contributed by atoms with E-state index in [0.717, 1.165) is 11.3 Å². The Hall–Kier alpha value is -4.23. The third-order valence-corrected chi connectivity index (χ3v) is 5.93. The van der Waals surface area contributed by atoms with Gasteiger partial charge in [-0.25, -0.2) is 0 Å². The van der Waals surface area contributed by atoms with Crippen LogP contribution in [-0.4, -0.2) is 25.9 Å². The van der Waals surface area contributed by atoms with Crippen molar-refractivity contribution in [1.82, 2.24) is 10.6 Å². The molecule has 8 heteroatoms. The first-order valence-corrected chi connectivity index (χ1v) is 12.0. The van der Waals surface area contributed by atoms with Crippen molar-refractivity contribution in [3.63, 3.8) is 0 Å². The number of hydrogen-bond acceptors (Lipinski definition) is 5. The van der Waals surface area contributed by atoms with Crippen LogP contribution in [-0.2, 0) is 11.3 Å². The Morgan fingerprint density at radius 3 is 2.38 bits per heavy atom. The van der Waals surface area contributed by atoms with Crippen molar-refractivity contribution < 1.29 is 14.0 Å². The number of amides is 2. The Morgan fingerprint density at radius 1 is 1.11 bits per heavy atom. The Morgan fingerprint density at radius 2 is 1.78 bits per heavy atom.